The largest absolute Gasteiger partial charge is 0.399 e. The Kier molecular flexibility index (Phi) is 3.31. The van der Waals surface area contributed by atoms with Crippen LogP contribution in [-0.2, 0) is 4.74 Å². The van der Waals surface area contributed by atoms with E-state index in [-0.39, 0.29) is 0 Å². The van der Waals surface area contributed by atoms with E-state index < -0.39 is 5.72 Å². The molecule has 0 heterocycles. The predicted octanol–water partition coefficient (Wildman–Crippen LogP) is 2.30. The second-order valence-electron chi connectivity index (χ2n) is 4.16. The van der Waals surface area contributed by atoms with Crippen molar-refractivity contribution in [1.29, 1.82) is 0 Å². The number of ether oxygens (including phenoxy) is 1. The highest BCUT2D eigenvalue weighted by molar-refractivity contribution is 5.76. The van der Waals surface area contributed by atoms with Gasteiger partial charge in [0.1, 0.15) is 5.72 Å². The maximum Gasteiger partial charge on any atom is 0.146 e. The minimum atomic E-state index is -0.739. The first-order chi connectivity index (χ1) is 8.15. The fourth-order valence-electron chi connectivity index (χ4n) is 2.10. The van der Waals surface area contributed by atoms with Gasteiger partial charge in [-0.15, -0.1) is 0 Å². The summed E-state index contributed by atoms with van der Waals surface area (Å²) in [5.41, 5.74) is 14.1. The fraction of sp³-hybridized carbons (Fsp3) is 0.286. The van der Waals surface area contributed by atoms with Crippen LogP contribution in [0, 0.1) is 0 Å². The molecule has 1 aromatic carbocycles. The lowest BCUT2D eigenvalue weighted by molar-refractivity contribution is 0.0140. The first-order valence-electron chi connectivity index (χ1n) is 5.82. The van der Waals surface area contributed by atoms with E-state index in [0.717, 1.165) is 16.8 Å². The smallest absolute Gasteiger partial charge is 0.146 e. The van der Waals surface area contributed by atoms with Gasteiger partial charge in [-0.1, -0.05) is 30.4 Å². The molecule has 1 aliphatic carbocycles. The van der Waals surface area contributed by atoms with Gasteiger partial charge in [-0.2, -0.15) is 0 Å². The summed E-state index contributed by atoms with van der Waals surface area (Å²) in [6.07, 6.45) is 6.70. The molecule has 90 valence electrons. The number of nitrogens with two attached hydrogens (primary N) is 2. The van der Waals surface area contributed by atoms with Crippen LogP contribution in [0.5, 0.6) is 0 Å². The summed E-state index contributed by atoms with van der Waals surface area (Å²) in [5.74, 6) is 0. The van der Waals surface area contributed by atoms with E-state index in [1.54, 1.807) is 0 Å². The van der Waals surface area contributed by atoms with Crippen LogP contribution in [0.2, 0.25) is 0 Å². The Morgan fingerprint density at radius 1 is 1.41 bits per heavy atom. The zero-order chi connectivity index (χ0) is 12.3. The third-order valence-corrected chi connectivity index (χ3v) is 2.88. The van der Waals surface area contributed by atoms with Crippen molar-refractivity contribution in [2.24, 2.45) is 5.73 Å². The zero-order valence-corrected chi connectivity index (χ0v) is 10.0. The van der Waals surface area contributed by atoms with Crippen molar-refractivity contribution >= 4 is 11.3 Å². The normalized spacial score (nSPS) is 23.5. The standard InChI is InChI=1S/C14H18N2O/c1-2-17-14(16)9-4-3-8-13(14)11-6-5-7-12(15)10-11/h3-8,10H,2,9,15-16H2,1H3. The minimum absolute atomic E-state index is 0.587. The van der Waals surface area contributed by atoms with E-state index in [1.165, 1.54) is 0 Å². The maximum absolute atomic E-state index is 6.31. The SMILES string of the molecule is CCOC1(N)CC=CC=C1c1cccc(N)c1. The van der Waals surface area contributed by atoms with Crippen molar-refractivity contribution < 1.29 is 4.74 Å². The molecule has 17 heavy (non-hydrogen) atoms. The molecule has 2 rings (SSSR count). The topological polar surface area (TPSA) is 61.3 Å². The van der Waals surface area contributed by atoms with Gasteiger partial charge in [0.25, 0.3) is 0 Å². The van der Waals surface area contributed by atoms with Crippen molar-refractivity contribution in [3.63, 3.8) is 0 Å². The first kappa shape index (κ1) is 11.9. The molecule has 1 atom stereocenters. The molecule has 0 aromatic heterocycles. The molecule has 1 aromatic rings. The van der Waals surface area contributed by atoms with E-state index >= 15 is 0 Å². The van der Waals surface area contributed by atoms with Gasteiger partial charge in [0.2, 0.25) is 0 Å². The third kappa shape index (κ3) is 2.40. The van der Waals surface area contributed by atoms with Crippen LogP contribution in [0.1, 0.15) is 18.9 Å². The van der Waals surface area contributed by atoms with Gasteiger partial charge < -0.3 is 10.5 Å². The fourth-order valence-corrected chi connectivity index (χ4v) is 2.10. The number of nitrogen functional groups attached to an aromatic ring is 1. The van der Waals surface area contributed by atoms with Gasteiger partial charge in [-0.3, -0.25) is 5.73 Å². The number of hydrogen-bond acceptors (Lipinski definition) is 3. The second kappa shape index (κ2) is 4.73. The van der Waals surface area contributed by atoms with Crippen LogP contribution in [0.15, 0.2) is 42.5 Å². The number of rotatable bonds is 3. The number of hydrogen-bond donors (Lipinski definition) is 2. The van der Waals surface area contributed by atoms with Crippen LogP contribution >= 0.6 is 0 Å². The van der Waals surface area contributed by atoms with Gasteiger partial charge in [0.15, 0.2) is 0 Å². The van der Waals surface area contributed by atoms with Crippen LogP contribution in [0.25, 0.3) is 5.57 Å². The van der Waals surface area contributed by atoms with E-state index in [4.69, 9.17) is 16.2 Å². The first-order valence-corrected chi connectivity index (χ1v) is 5.82. The molecule has 0 aliphatic heterocycles. The van der Waals surface area contributed by atoms with Crippen LogP contribution < -0.4 is 11.5 Å². The van der Waals surface area contributed by atoms with Gasteiger partial charge in [0.05, 0.1) is 0 Å². The van der Waals surface area contributed by atoms with Crippen molar-refractivity contribution in [2.45, 2.75) is 19.1 Å². The highest BCUT2D eigenvalue weighted by Crippen LogP contribution is 2.33. The van der Waals surface area contributed by atoms with E-state index in [1.807, 2.05) is 49.4 Å². The Labute approximate surface area is 102 Å². The van der Waals surface area contributed by atoms with Crippen LogP contribution in [-0.4, -0.2) is 12.3 Å². The number of anilines is 1. The third-order valence-electron chi connectivity index (χ3n) is 2.88. The monoisotopic (exact) mass is 230 g/mol. The van der Waals surface area contributed by atoms with Gasteiger partial charge in [0, 0.05) is 24.3 Å². The quantitative estimate of drug-likeness (QED) is 0.618. The molecule has 0 radical (unpaired) electrons. The predicted molar refractivity (Wildman–Crippen MR) is 71.1 cm³/mol. The Bertz CT molecular complexity index is 465. The second-order valence-corrected chi connectivity index (χ2v) is 4.16. The highest BCUT2D eigenvalue weighted by atomic mass is 16.5. The summed E-state index contributed by atoms with van der Waals surface area (Å²) in [6, 6.07) is 7.71. The number of allylic oxidation sites excluding steroid dienone is 2. The Morgan fingerprint density at radius 3 is 2.94 bits per heavy atom. The molecule has 0 saturated heterocycles. The minimum Gasteiger partial charge on any atom is -0.399 e. The molecule has 3 heteroatoms. The maximum atomic E-state index is 6.31. The molecule has 3 nitrogen and oxygen atoms in total. The summed E-state index contributed by atoms with van der Waals surface area (Å²) < 4.78 is 5.69. The van der Waals surface area contributed by atoms with Crippen LogP contribution in [0.4, 0.5) is 5.69 Å². The lowest BCUT2D eigenvalue weighted by atomic mass is 9.89. The molecular formula is C14H18N2O. The van der Waals surface area contributed by atoms with Crippen LogP contribution in [0.3, 0.4) is 0 Å². The average Bonchev–Trinajstić information content (AvgIpc) is 2.29. The molecule has 4 N–H and O–H groups in total. The number of benzene rings is 1. The van der Waals surface area contributed by atoms with Crippen molar-refractivity contribution in [3.05, 3.63) is 48.1 Å². The van der Waals surface area contributed by atoms with Crippen molar-refractivity contribution in [1.82, 2.24) is 0 Å². The Balaban J connectivity index is 2.40. The van der Waals surface area contributed by atoms with Crippen molar-refractivity contribution in [3.8, 4) is 0 Å². The van der Waals surface area contributed by atoms with Gasteiger partial charge in [-0.05, 0) is 24.6 Å². The van der Waals surface area contributed by atoms with Gasteiger partial charge >= 0.3 is 0 Å². The van der Waals surface area contributed by atoms with E-state index in [9.17, 15) is 0 Å². The summed E-state index contributed by atoms with van der Waals surface area (Å²) >= 11 is 0. The highest BCUT2D eigenvalue weighted by Gasteiger charge is 2.31. The van der Waals surface area contributed by atoms with Crippen molar-refractivity contribution in [2.75, 3.05) is 12.3 Å². The molecular weight excluding hydrogens is 212 g/mol. The molecule has 0 spiro atoms. The summed E-state index contributed by atoms with van der Waals surface area (Å²) in [6.45, 7) is 2.54. The lowest BCUT2D eigenvalue weighted by Crippen LogP contribution is -2.44. The Hall–Kier alpha value is -1.58. The summed E-state index contributed by atoms with van der Waals surface area (Å²) in [4.78, 5) is 0. The zero-order valence-electron chi connectivity index (χ0n) is 10.0. The average molecular weight is 230 g/mol. The molecule has 1 unspecified atom stereocenters. The Morgan fingerprint density at radius 2 is 2.24 bits per heavy atom. The summed E-state index contributed by atoms with van der Waals surface area (Å²) in [7, 11) is 0. The molecule has 1 aliphatic rings. The van der Waals surface area contributed by atoms with E-state index in [2.05, 4.69) is 0 Å². The summed E-state index contributed by atoms with van der Waals surface area (Å²) in [5, 5.41) is 0. The molecule has 0 amide bonds. The molecule has 0 saturated carbocycles. The van der Waals surface area contributed by atoms with E-state index in [0.29, 0.717) is 13.0 Å². The van der Waals surface area contributed by atoms with Gasteiger partial charge in [-0.25, -0.2) is 0 Å². The molecule has 0 fully saturated rings. The lowest BCUT2D eigenvalue weighted by Gasteiger charge is -2.33. The molecule has 0 bridgehead atoms.